The molecule has 1 unspecified atom stereocenters. The normalized spacial score (nSPS) is 11.9. The summed E-state index contributed by atoms with van der Waals surface area (Å²) in [5.74, 6) is -0.332. The zero-order chi connectivity index (χ0) is 33.8. The average Bonchev–Trinajstić information content (AvgIpc) is 3.47. The predicted octanol–water partition coefficient (Wildman–Crippen LogP) is 4.00. The SMILES string of the molecule is COCCOc1cccc(CC(=O)Nc2ccn(CCC(F)Cn3cc(C(=O)NCc4cccc(OC(C)(F)F)c4)nn3)c(=O)c2)c1. The molecule has 15 heteroatoms. The van der Waals surface area contributed by atoms with E-state index >= 15 is 0 Å². The molecule has 2 aromatic carbocycles. The Bertz CT molecular complexity index is 1710. The second kappa shape index (κ2) is 16.4. The number of anilines is 1. The fraction of sp³-hybridized carbons (Fsp3) is 0.344. The van der Waals surface area contributed by atoms with E-state index in [2.05, 4.69) is 25.7 Å². The number of methoxy groups -OCH3 is 1. The van der Waals surface area contributed by atoms with Crippen LogP contribution in [0.2, 0.25) is 0 Å². The summed E-state index contributed by atoms with van der Waals surface area (Å²) in [6.45, 7) is 1.33. The van der Waals surface area contributed by atoms with Gasteiger partial charge in [-0.05, 0) is 47.9 Å². The van der Waals surface area contributed by atoms with Crippen molar-refractivity contribution in [3.8, 4) is 11.5 Å². The molecular weight excluding hydrogens is 621 g/mol. The molecule has 2 heterocycles. The van der Waals surface area contributed by atoms with Gasteiger partial charge in [0, 0.05) is 45.1 Å². The zero-order valence-electron chi connectivity index (χ0n) is 25.8. The Hall–Kier alpha value is -5.18. The Labute approximate surface area is 268 Å². The summed E-state index contributed by atoms with van der Waals surface area (Å²) in [5, 5.41) is 12.9. The Morgan fingerprint density at radius 2 is 1.77 bits per heavy atom. The maximum atomic E-state index is 14.8. The first-order chi connectivity index (χ1) is 22.5. The van der Waals surface area contributed by atoms with Crippen molar-refractivity contribution in [1.82, 2.24) is 24.9 Å². The van der Waals surface area contributed by atoms with E-state index < -0.39 is 23.7 Å². The van der Waals surface area contributed by atoms with E-state index in [4.69, 9.17) is 9.47 Å². The first kappa shape index (κ1) is 34.7. The minimum Gasteiger partial charge on any atom is -0.491 e. The van der Waals surface area contributed by atoms with Gasteiger partial charge in [-0.3, -0.25) is 14.4 Å². The number of nitrogens with zero attached hydrogens (tertiary/aromatic N) is 4. The number of aromatic nitrogens is 4. The maximum absolute atomic E-state index is 14.8. The molecule has 0 aliphatic carbocycles. The quantitative estimate of drug-likeness (QED) is 0.163. The van der Waals surface area contributed by atoms with Gasteiger partial charge in [0.1, 0.15) is 24.3 Å². The Morgan fingerprint density at radius 3 is 2.51 bits per heavy atom. The third kappa shape index (κ3) is 11.6. The van der Waals surface area contributed by atoms with E-state index in [0.29, 0.717) is 37.1 Å². The molecule has 0 aliphatic heterocycles. The molecule has 2 N–H and O–H groups in total. The highest BCUT2D eigenvalue weighted by Gasteiger charge is 2.23. The smallest absolute Gasteiger partial charge is 0.394 e. The molecule has 2 amide bonds. The van der Waals surface area contributed by atoms with Crippen molar-refractivity contribution in [2.24, 2.45) is 0 Å². The monoisotopic (exact) mass is 656 g/mol. The molecule has 0 spiro atoms. The van der Waals surface area contributed by atoms with Crippen molar-refractivity contribution >= 4 is 17.5 Å². The lowest BCUT2D eigenvalue weighted by molar-refractivity contribution is -0.159. The van der Waals surface area contributed by atoms with Gasteiger partial charge >= 0.3 is 6.11 Å². The summed E-state index contributed by atoms with van der Waals surface area (Å²) in [5.41, 5.74) is 1.11. The highest BCUT2D eigenvalue weighted by Crippen LogP contribution is 2.22. The number of pyridine rings is 1. The molecule has 47 heavy (non-hydrogen) atoms. The first-order valence-corrected chi connectivity index (χ1v) is 14.7. The number of amides is 2. The van der Waals surface area contributed by atoms with Gasteiger partial charge in [-0.2, -0.15) is 8.78 Å². The third-order valence-corrected chi connectivity index (χ3v) is 6.59. The highest BCUT2D eigenvalue weighted by molar-refractivity contribution is 5.92. The van der Waals surface area contributed by atoms with Crippen molar-refractivity contribution in [2.45, 2.75) is 51.7 Å². The highest BCUT2D eigenvalue weighted by atomic mass is 19.3. The number of rotatable bonds is 17. The lowest BCUT2D eigenvalue weighted by atomic mass is 10.1. The van der Waals surface area contributed by atoms with E-state index in [1.807, 2.05) is 0 Å². The van der Waals surface area contributed by atoms with Crippen molar-refractivity contribution in [1.29, 1.82) is 0 Å². The van der Waals surface area contributed by atoms with Crippen molar-refractivity contribution in [3.05, 3.63) is 100 Å². The number of hydrogen-bond acceptors (Lipinski definition) is 8. The molecule has 1 atom stereocenters. The molecule has 0 radical (unpaired) electrons. The lowest BCUT2D eigenvalue weighted by Gasteiger charge is -2.13. The minimum atomic E-state index is -3.34. The van der Waals surface area contributed by atoms with Crippen LogP contribution in [0.3, 0.4) is 0 Å². The number of aryl methyl sites for hydroxylation is 1. The summed E-state index contributed by atoms with van der Waals surface area (Å²) < 4.78 is 58.5. The van der Waals surface area contributed by atoms with Gasteiger partial charge < -0.3 is 29.4 Å². The summed E-state index contributed by atoms with van der Waals surface area (Å²) in [6, 6.07) is 15.8. The van der Waals surface area contributed by atoms with Crippen LogP contribution >= 0.6 is 0 Å². The molecule has 4 rings (SSSR count). The van der Waals surface area contributed by atoms with E-state index in [0.717, 1.165) is 5.56 Å². The molecular formula is C32H35F3N6O6. The lowest BCUT2D eigenvalue weighted by Crippen LogP contribution is -2.24. The van der Waals surface area contributed by atoms with Crippen molar-refractivity contribution < 1.29 is 37.0 Å². The van der Waals surface area contributed by atoms with Crippen LogP contribution in [0.5, 0.6) is 11.5 Å². The van der Waals surface area contributed by atoms with Crippen LogP contribution in [0.25, 0.3) is 0 Å². The number of hydrogen-bond donors (Lipinski definition) is 2. The maximum Gasteiger partial charge on any atom is 0.394 e. The molecule has 0 saturated heterocycles. The van der Waals surface area contributed by atoms with Gasteiger partial charge in [0.25, 0.3) is 11.5 Å². The fourth-order valence-electron chi connectivity index (χ4n) is 4.41. The average molecular weight is 657 g/mol. The third-order valence-electron chi connectivity index (χ3n) is 6.59. The van der Waals surface area contributed by atoms with Crippen molar-refractivity contribution in [3.63, 3.8) is 0 Å². The van der Waals surface area contributed by atoms with Crippen molar-refractivity contribution in [2.75, 3.05) is 25.6 Å². The number of ether oxygens (including phenoxy) is 3. The topological polar surface area (TPSA) is 139 Å². The van der Waals surface area contributed by atoms with Crippen LogP contribution in [-0.2, 0) is 35.6 Å². The van der Waals surface area contributed by atoms with E-state index in [1.165, 1.54) is 45.9 Å². The molecule has 4 aromatic rings. The van der Waals surface area contributed by atoms with Gasteiger partial charge in [0.05, 0.1) is 25.8 Å². The molecule has 0 fully saturated rings. The van der Waals surface area contributed by atoms with Gasteiger partial charge in [-0.1, -0.05) is 29.5 Å². The summed E-state index contributed by atoms with van der Waals surface area (Å²) in [6.07, 6.45) is -1.94. The minimum absolute atomic E-state index is 0.0140. The molecule has 12 nitrogen and oxygen atoms in total. The predicted molar refractivity (Wildman–Crippen MR) is 165 cm³/mol. The second-order valence-corrected chi connectivity index (χ2v) is 10.6. The standard InChI is InChI=1S/C32H35F3N6O6/c1-32(34,35)47-27-8-4-6-23(16-27)19-36-31(44)28-21-41(39-38-28)20-24(33)9-11-40-12-10-25(18-30(40)43)37-29(42)17-22-5-3-7-26(15-22)46-14-13-45-2/h3-8,10,12,15-16,18,21,24H,9,11,13-14,17,19-20H2,1-2H3,(H,36,44)(H,37,42). The van der Waals surface area contributed by atoms with Crippen LogP contribution in [0.4, 0.5) is 18.9 Å². The number of nitrogens with one attached hydrogen (secondary N) is 2. The summed E-state index contributed by atoms with van der Waals surface area (Å²) in [7, 11) is 1.58. The number of benzene rings is 2. The van der Waals surface area contributed by atoms with E-state index in [1.54, 1.807) is 43.5 Å². The van der Waals surface area contributed by atoms with Gasteiger partial charge in [0.2, 0.25) is 5.91 Å². The van der Waals surface area contributed by atoms with Crippen LogP contribution in [0, 0.1) is 0 Å². The number of halogens is 3. The molecule has 0 bridgehead atoms. The number of carbonyl (C=O) groups is 2. The summed E-state index contributed by atoms with van der Waals surface area (Å²) in [4.78, 5) is 37.6. The van der Waals surface area contributed by atoms with Gasteiger partial charge in [-0.25, -0.2) is 9.07 Å². The van der Waals surface area contributed by atoms with Crippen LogP contribution in [0.1, 0.15) is 35.0 Å². The molecule has 2 aromatic heterocycles. The molecule has 0 aliphatic rings. The molecule has 0 saturated carbocycles. The first-order valence-electron chi connectivity index (χ1n) is 14.7. The number of carbonyl (C=O) groups excluding carboxylic acids is 2. The molecule has 250 valence electrons. The van der Waals surface area contributed by atoms with Gasteiger partial charge in [-0.15, -0.1) is 5.10 Å². The largest absolute Gasteiger partial charge is 0.491 e. The van der Waals surface area contributed by atoms with E-state index in [9.17, 15) is 27.6 Å². The second-order valence-electron chi connectivity index (χ2n) is 10.6. The van der Waals surface area contributed by atoms with Crippen LogP contribution in [-0.4, -0.2) is 64.0 Å². The van der Waals surface area contributed by atoms with Gasteiger partial charge in [0.15, 0.2) is 5.69 Å². The van der Waals surface area contributed by atoms with Crippen LogP contribution in [0.15, 0.2) is 77.9 Å². The van der Waals surface area contributed by atoms with Crippen LogP contribution < -0.4 is 25.7 Å². The fourth-order valence-corrected chi connectivity index (χ4v) is 4.41. The number of alkyl halides is 3. The summed E-state index contributed by atoms with van der Waals surface area (Å²) >= 11 is 0. The Morgan fingerprint density at radius 1 is 1.02 bits per heavy atom. The van der Waals surface area contributed by atoms with E-state index in [-0.39, 0.29) is 49.8 Å². The Kier molecular flexibility index (Phi) is 12.1. The Balaban J connectivity index is 1.21. The zero-order valence-corrected chi connectivity index (χ0v) is 25.8.